The number of hydrogen-bond donors (Lipinski definition) is 2. The Hall–Kier alpha value is -3.36. The molecule has 1 aliphatic rings. The first-order valence-electron chi connectivity index (χ1n) is 10.7. The highest BCUT2D eigenvalue weighted by atomic mass is 16.1. The highest BCUT2D eigenvalue weighted by molar-refractivity contribution is 5.96. The molecule has 152 valence electrons. The Balaban J connectivity index is 1.60. The SMILES string of the molecule is N#Cc1ccn(-c2ccccc2-c2ccccc2)c1C(=O)NCC[NH+]1CCCCC1. The summed E-state index contributed by atoms with van der Waals surface area (Å²) in [5.41, 5.74) is 3.76. The van der Waals surface area contributed by atoms with Gasteiger partial charge in [0.2, 0.25) is 0 Å². The van der Waals surface area contributed by atoms with E-state index in [-0.39, 0.29) is 5.91 Å². The van der Waals surface area contributed by atoms with E-state index < -0.39 is 0 Å². The fourth-order valence-corrected chi connectivity index (χ4v) is 4.24. The lowest BCUT2D eigenvalue weighted by molar-refractivity contribution is -0.903. The summed E-state index contributed by atoms with van der Waals surface area (Å²) in [6.07, 6.45) is 5.66. The summed E-state index contributed by atoms with van der Waals surface area (Å²) in [5, 5.41) is 12.6. The summed E-state index contributed by atoms with van der Waals surface area (Å²) in [5.74, 6) is -0.198. The number of aromatic nitrogens is 1. The fraction of sp³-hybridized carbons (Fsp3) is 0.280. The molecule has 0 atom stereocenters. The van der Waals surface area contributed by atoms with Crippen molar-refractivity contribution in [3.05, 3.63) is 78.1 Å². The predicted molar refractivity (Wildman–Crippen MR) is 118 cm³/mol. The van der Waals surface area contributed by atoms with Crippen LogP contribution in [0.3, 0.4) is 0 Å². The van der Waals surface area contributed by atoms with Gasteiger partial charge in [0, 0.05) is 11.8 Å². The van der Waals surface area contributed by atoms with Crippen LogP contribution in [-0.2, 0) is 0 Å². The summed E-state index contributed by atoms with van der Waals surface area (Å²) in [6, 6.07) is 21.9. The van der Waals surface area contributed by atoms with Gasteiger partial charge in [0.15, 0.2) is 0 Å². The van der Waals surface area contributed by atoms with Crippen LogP contribution in [0.1, 0.15) is 35.3 Å². The minimum absolute atomic E-state index is 0.198. The minimum Gasteiger partial charge on any atom is -0.345 e. The topological polar surface area (TPSA) is 62.3 Å². The zero-order valence-corrected chi connectivity index (χ0v) is 17.1. The molecule has 1 fully saturated rings. The fourth-order valence-electron chi connectivity index (χ4n) is 4.24. The van der Waals surface area contributed by atoms with Gasteiger partial charge in [-0.25, -0.2) is 0 Å². The third kappa shape index (κ3) is 4.29. The first-order valence-corrected chi connectivity index (χ1v) is 10.7. The van der Waals surface area contributed by atoms with Crippen molar-refractivity contribution < 1.29 is 9.69 Å². The van der Waals surface area contributed by atoms with E-state index in [4.69, 9.17) is 0 Å². The molecule has 0 radical (unpaired) electrons. The Morgan fingerprint density at radius 2 is 1.73 bits per heavy atom. The monoisotopic (exact) mass is 399 g/mol. The standard InChI is InChI=1S/C25H26N4O/c26-19-21-13-17-29(23-12-6-5-11-22(23)20-9-3-1-4-10-20)24(21)25(30)27-14-18-28-15-7-2-8-16-28/h1,3-6,9-13,17H,2,7-8,14-16,18H2,(H,27,30)/p+1. The lowest BCUT2D eigenvalue weighted by Gasteiger charge is -2.23. The molecule has 0 bridgehead atoms. The molecule has 4 rings (SSSR count). The van der Waals surface area contributed by atoms with Gasteiger partial charge in [0.25, 0.3) is 5.91 Å². The Morgan fingerprint density at radius 3 is 2.50 bits per heavy atom. The summed E-state index contributed by atoms with van der Waals surface area (Å²) in [4.78, 5) is 14.6. The van der Waals surface area contributed by atoms with Gasteiger partial charge in [-0.15, -0.1) is 0 Å². The smallest absolute Gasteiger partial charge is 0.269 e. The predicted octanol–water partition coefficient (Wildman–Crippen LogP) is 2.81. The highest BCUT2D eigenvalue weighted by Gasteiger charge is 2.21. The van der Waals surface area contributed by atoms with E-state index in [0.29, 0.717) is 17.8 Å². The lowest BCUT2D eigenvalue weighted by Crippen LogP contribution is -3.13. The highest BCUT2D eigenvalue weighted by Crippen LogP contribution is 2.28. The third-order valence-corrected chi connectivity index (χ3v) is 5.79. The number of piperidine rings is 1. The maximum atomic E-state index is 13.1. The number of carbonyl (C=O) groups excluding carboxylic acids is 1. The second-order valence-electron chi connectivity index (χ2n) is 7.76. The van der Waals surface area contributed by atoms with Crippen LogP contribution in [0.4, 0.5) is 0 Å². The van der Waals surface area contributed by atoms with Crippen molar-refractivity contribution in [3.63, 3.8) is 0 Å². The van der Waals surface area contributed by atoms with Gasteiger partial charge in [-0.05, 0) is 37.0 Å². The van der Waals surface area contributed by atoms with Crippen LogP contribution in [0.25, 0.3) is 16.8 Å². The molecule has 1 aromatic heterocycles. The van der Waals surface area contributed by atoms with Crippen LogP contribution in [0.5, 0.6) is 0 Å². The molecule has 5 nitrogen and oxygen atoms in total. The van der Waals surface area contributed by atoms with E-state index in [9.17, 15) is 10.1 Å². The number of hydrogen-bond acceptors (Lipinski definition) is 2. The summed E-state index contributed by atoms with van der Waals surface area (Å²) < 4.78 is 1.84. The largest absolute Gasteiger partial charge is 0.345 e. The van der Waals surface area contributed by atoms with E-state index in [1.807, 2.05) is 53.2 Å². The van der Waals surface area contributed by atoms with E-state index >= 15 is 0 Å². The summed E-state index contributed by atoms with van der Waals surface area (Å²) in [6.45, 7) is 3.90. The van der Waals surface area contributed by atoms with Crippen LogP contribution < -0.4 is 10.2 Å². The quantitative estimate of drug-likeness (QED) is 0.670. The molecule has 30 heavy (non-hydrogen) atoms. The molecule has 1 saturated heterocycles. The number of nitrogens with one attached hydrogen (secondary N) is 2. The number of para-hydroxylation sites is 1. The van der Waals surface area contributed by atoms with E-state index in [2.05, 4.69) is 23.5 Å². The number of likely N-dealkylation sites (tertiary alicyclic amines) is 1. The molecule has 0 spiro atoms. The van der Waals surface area contributed by atoms with Crippen molar-refractivity contribution >= 4 is 5.91 Å². The van der Waals surface area contributed by atoms with Crippen molar-refractivity contribution in [1.29, 1.82) is 5.26 Å². The van der Waals surface area contributed by atoms with Gasteiger partial charge >= 0.3 is 0 Å². The number of quaternary nitrogens is 1. The van der Waals surface area contributed by atoms with Gasteiger partial charge in [0.05, 0.1) is 37.4 Å². The van der Waals surface area contributed by atoms with Gasteiger partial charge in [0.1, 0.15) is 11.8 Å². The van der Waals surface area contributed by atoms with Crippen molar-refractivity contribution in [2.24, 2.45) is 0 Å². The van der Waals surface area contributed by atoms with Crippen LogP contribution in [0, 0.1) is 11.3 Å². The van der Waals surface area contributed by atoms with Crippen molar-refractivity contribution in [2.75, 3.05) is 26.2 Å². The molecule has 0 aliphatic carbocycles. The second-order valence-corrected chi connectivity index (χ2v) is 7.76. The van der Waals surface area contributed by atoms with E-state index in [0.717, 1.165) is 23.4 Å². The Kier molecular flexibility index (Phi) is 6.26. The molecular formula is C25H27N4O+. The number of carbonyl (C=O) groups is 1. The lowest BCUT2D eigenvalue weighted by atomic mass is 10.0. The maximum absolute atomic E-state index is 13.1. The molecular weight excluding hydrogens is 372 g/mol. The Morgan fingerprint density at radius 1 is 1.00 bits per heavy atom. The molecule has 3 aromatic rings. The van der Waals surface area contributed by atoms with Gasteiger partial charge < -0.3 is 14.8 Å². The van der Waals surface area contributed by atoms with Gasteiger partial charge in [-0.2, -0.15) is 5.26 Å². The molecule has 2 heterocycles. The minimum atomic E-state index is -0.198. The summed E-state index contributed by atoms with van der Waals surface area (Å²) in [7, 11) is 0. The average Bonchev–Trinajstić information content (AvgIpc) is 3.24. The zero-order valence-electron chi connectivity index (χ0n) is 17.1. The van der Waals surface area contributed by atoms with Crippen molar-refractivity contribution in [1.82, 2.24) is 9.88 Å². The summed E-state index contributed by atoms with van der Waals surface area (Å²) >= 11 is 0. The number of nitrogens with zero attached hydrogens (tertiary/aromatic N) is 2. The number of rotatable bonds is 6. The van der Waals surface area contributed by atoms with E-state index in [1.54, 1.807) is 11.0 Å². The average molecular weight is 400 g/mol. The second kappa shape index (κ2) is 9.43. The number of benzene rings is 2. The first kappa shape index (κ1) is 19.9. The van der Waals surface area contributed by atoms with Gasteiger partial charge in [-0.1, -0.05) is 48.5 Å². The van der Waals surface area contributed by atoms with Crippen LogP contribution in [0.15, 0.2) is 66.9 Å². The molecule has 1 amide bonds. The van der Waals surface area contributed by atoms with Crippen LogP contribution in [-0.4, -0.2) is 36.7 Å². The van der Waals surface area contributed by atoms with E-state index in [1.165, 1.54) is 32.4 Å². The molecule has 5 heteroatoms. The normalized spacial score (nSPS) is 14.2. The molecule has 0 unspecified atom stereocenters. The first-order chi connectivity index (χ1) is 14.8. The van der Waals surface area contributed by atoms with Crippen molar-refractivity contribution in [2.45, 2.75) is 19.3 Å². The van der Waals surface area contributed by atoms with Crippen molar-refractivity contribution in [3.8, 4) is 22.9 Å². The third-order valence-electron chi connectivity index (χ3n) is 5.79. The molecule has 0 saturated carbocycles. The molecule has 1 aliphatic heterocycles. The zero-order chi connectivity index (χ0) is 20.8. The van der Waals surface area contributed by atoms with Gasteiger partial charge in [-0.3, -0.25) is 4.79 Å². The van der Waals surface area contributed by atoms with Crippen LogP contribution >= 0.6 is 0 Å². The maximum Gasteiger partial charge on any atom is 0.269 e. The number of nitriles is 1. The van der Waals surface area contributed by atoms with Crippen LogP contribution in [0.2, 0.25) is 0 Å². The Bertz CT molecular complexity index is 1040. The number of amides is 1. The Labute approximate surface area is 177 Å². The molecule has 2 N–H and O–H groups in total. The molecule has 2 aromatic carbocycles.